The fourth-order valence-corrected chi connectivity index (χ4v) is 2.71. The molecule has 6 heteroatoms. The Labute approximate surface area is 108 Å². The molecule has 3 N–H and O–H groups in total. The number of ether oxygens (including phenoxy) is 2. The lowest BCUT2D eigenvalue weighted by molar-refractivity contribution is -0.131. The lowest BCUT2D eigenvalue weighted by atomic mass is 10.0. The number of amides is 1. The summed E-state index contributed by atoms with van der Waals surface area (Å²) in [6.45, 7) is 6.42. The Morgan fingerprint density at radius 3 is 2.89 bits per heavy atom. The summed E-state index contributed by atoms with van der Waals surface area (Å²) < 4.78 is 10.8. The van der Waals surface area contributed by atoms with Gasteiger partial charge in [-0.15, -0.1) is 0 Å². The summed E-state index contributed by atoms with van der Waals surface area (Å²) >= 11 is 0. The van der Waals surface area contributed by atoms with E-state index < -0.39 is 0 Å². The summed E-state index contributed by atoms with van der Waals surface area (Å²) in [5.41, 5.74) is 5.43. The number of nitrogens with two attached hydrogens (primary N) is 1. The molecule has 0 aromatic carbocycles. The molecule has 6 nitrogen and oxygen atoms in total. The molecule has 0 aliphatic carbocycles. The maximum atomic E-state index is 11.4. The molecule has 2 aliphatic heterocycles. The van der Waals surface area contributed by atoms with Crippen molar-refractivity contribution in [3.63, 3.8) is 0 Å². The van der Waals surface area contributed by atoms with Gasteiger partial charge >= 0.3 is 0 Å². The van der Waals surface area contributed by atoms with Gasteiger partial charge in [0.05, 0.1) is 26.4 Å². The Bertz CT molecular complexity index is 282. The van der Waals surface area contributed by atoms with Crippen LogP contribution in [-0.2, 0) is 14.3 Å². The SMILES string of the molecule is CC(CC1COCCN1)N1CCOCC1C(N)=O. The smallest absolute Gasteiger partial charge is 0.237 e. The van der Waals surface area contributed by atoms with E-state index in [4.69, 9.17) is 15.2 Å². The van der Waals surface area contributed by atoms with Gasteiger partial charge in [0.1, 0.15) is 6.04 Å². The van der Waals surface area contributed by atoms with Gasteiger partial charge in [-0.2, -0.15) is 0 Å². The van der Waals surface area contributed by atoms with Gasteiger partial charge in [-0.3, -0.25) is 9.69 Å². The van der Waals surface area contributed by atoms with Gasteiger partial charge in [0.25, 0.3) is 0 Å². The molecule has 3 unspecified atom stereocenters. The zero-order chi connectivity index (χ0) is 13.0. The van der Waals surface area contributed by atoms with Gasteiger partial charge in [-0.1, -0.05) is 0 Å². The molecule has 2 aliphatic rings. The molecule has 0 aromatic rings. The highest BCUT2D eigenvalue weighted by molar-refractivity contribution is 5.80. The van der Waals surface area contributed by atoms with E-state index in [0.717, 1.165) is 32.7 Å². The largest absolute Gasteiger partial charge is 0.379 e. The van der Waals surface area contributed by atoms with E-state index in [1.807, 2.05) is 0 Å². The van der Waals surface area contributed by atoms with Crippen molar-refractivity contribution in [3.8, 4) is 0 Å². The molecule has 18 heavy (non-hydrogen) atoms. The first-order valence-electron chi connectivity index (χ1n) is 6.62. The van der Waals surface area contributed by atoms with Gasteiger partial charge in [0.15, 0.2) is 0 Å². The second-order valence-electron chi connectivity index (χ2n) is 5.04. The average molecular weight is 257 g/mol. The minimum Gasteiger partial charge on any atom is -0.379 e. The normalized spacial score (nSPS) is 32.1. The maximum Gasteiger partial charge on any atom is 0.237 e. The molecule has 0 saturated carbocycles. The molecule has 3 atom stereocenters. The average Bonchev–Trinajstić information content (AvgIpc) is 2.40. The van der Waals surface area contributed by atoms with Crippen LogP contribution in [0.3, 0.4) is 0 Å². The minimum absolute atomic E-state index is 0.293. The molecule has 0 bridgehead atoms. The van der Waals surface area contributed by atoms with Crippen molar-refractivity contribution in [1.29, 1.82) is 0 Å². The molecule has 0 aromatic heterocycles. The van der Waals surface area contributed by atoms with E-state index >= 15 is 0 Å². The van der Waals surface area contributed by atoms with Gasteiger partial charge in [0, 0.05) is 25.2 Å². The molecular weight excluding hydrogens is 234 g/mol. The van der Waals surface area contributed by atoms with Gasteiger partial charge < -0.3 is 20.5 Å². The standard InChI is InChI=1S/C12H23N3O3/c1-9(6-10-7-17-4-2-14-10)15-3-5-18-8-11(15)12(13)16/h9-11,14H,2-8H2,1H3,(H2,13,16). The van der Waals surface area contributed by atoms with Crippen LogP contribution >= 0.6 is 0 Å². The molecular formula is C12H23N3O3. The van der Waals surface area contributed by atoms with Crippen molar-refractivity contribution in [1.82, 2.24) is 10.2 Å². The number of rotatable bonds is 4. The first kappa shape index (κ1) is 13.7. The number of carbonyl (C=O) groups is 1. The monoisotopic (exact) mass is 257 g/mol. The van der Waals surface area contributed by atoms with Crippen molar-refractivity contribution in [2.45, 2.75) is 31.5 Å². The Morgan fingerprint density at radius 1 is 1.44 bits per heavy atom. The topological polar surface area (TPSA) is 76.8 Å². The van der Waals surface area contributed by atoms with Crippen molar-refractivity contribution < 1.29 is 14.3 Å². The van der Waals surface area contributed by atoms with E-state index in [2.05, 4.69) is 17.1 Å². The summed E-state index contributed by atoms with van der Waals surface area (Å²) in [6.07, 6.45) is 0.962. The van der Waals surface area contributed by atoms with Crippen molar-refractivity contribution >= 4 is 5.91 Å². The number of carbonyl (C=O) groups excluding carboxylic acids is 1. The molecule has 2 rings (SSSR count). The lowest BCUT2D eigenvalue weighted by Crippen LogP contribution is -2.57. The van der Waals surface area contributed by atoms with Crippen LogP contribution in [0.1, 0.15) is 13.3 Å². The maximum absolute atomic E-state index is 11.4. The predicted octanol–water partition coefficient (Wildman–Crippen LogP) is -1.06. The Hall–Kier alpha value is -0.690. The first-order valence-corrected chi connectivity index (χ1v) is 6.62. The fourth-order valence-electron chi connectivity index (χ4n) is 2.71. The molecule has 2 saturated heterocycles. The second-order valence-corrected chi connectivity index (χ2v) is 5.04. The number of morpholine rings is 2. The van der Waals surface area contributed by atoms with Crippen LogP contribution in [0.15, 0.2) is 0 Å². The van der Waals surface area contributed by atoms with Crippen LogP contribution in [0, 0.1) is 0 Å². The van der Waals surface area contributed by atoms with Crippen LogP contribution in [0.4, 0.5) is 0 Å². The molecule has 2 fully saturated rings. The summed E-state index contributed by atoms with van der Waals surface area (Å²) in [6, 6.07) is 0.369. The Kier molecular flexibility index (Phi) is 4.94. The van der Waals surface area contributed by atoms with Crippen LogP contribution in [0.5, 0.6) is 0 Å². The molecule has 0 radical (unpaired) electrons. The highest BCUT2D eigenvalue weighted by Crippen LogP contribution is 2.15. The summed E-state index contributed by atoms with van der Waals surface area (Å²) in [5, 5.41) is 3.43. The van der Waals surface area contributed by atoms with Crippen LogP contribution in [-0.4, -0.2) is 68.4 Å². The van der Waals surface area contributed by atoms with Crippen molar-refractivity contribution in [2.75, 3.05) is 39.5 Å². The Morgan fingerprint density at radius 2 is 2.22 bits per heavy atom. The first-order chi connectivity index (χ1) is 8.68. The van der Waals surface area contributed by atoms with Crippen LogP contribution in [0.2, 0.25) is 0 Å². The van der Waals surface area contributed by atoms with E-state index in [0.29, 0.717) is 25.3 Å². The summed E-state index contributed by atoms with van der Waals surface area (Å²) in [5.74, 6) is -0.297. The third-order valence-corrected chi connectivity index (χ3v) is 3.69. The van der Waals surface area contributed by atoms with E-state index in [1.54, 1.807) is 0 Å². The zero-order valence-corrected chi connectivity index (χ0v) is 10.9. The van der Waals surface area contributed by atoms with Gasteiger partial charge in [-0.05, 0) is 13.3 Å². The third kappa shape index (κ3) is 3.41. The molecule has 2 heterocycles. The van der Waals surface area contributed by atoms with Crippen molar-refractivity contribution in [2.24, 2.45) is 5.73 Å². The number of primary amides is 1. The Balaban J connectivity index is 1.88. The van der Waals surface area contributed by atoms with Gasteiger partial charge in [0.2, 0.25) is 5.91 Å². The number of nitrogens with zero attached hydrogens (tertiary/aromatic N) is 1. The molecule has 0 spiro atoms. The van der Waals surface area contributed by atoms with E-state index in [9.17, 15) is 4.79 Å². The van der Waals surface area contributed by atoms with E-state index in [-0.39, 0.29) is 11.9 Å². The highest BCUT2D eigenvalue weighted by atomic mass is 16.5. The number of nitrogens with one attached hydrogen (secondary N) is 1. The highest BCUT2D eigenvalue weighted by Gasteiger charge is 2.32. The molecule has 1 amide bonds. The fraction of sp³-hybridized carbons (Fsp3) is 0.917. The molecule has 104 valence electrons. The number of hydrogen-bond donors (Lipinski definition) is 2. The zero-order valence-electron chi connectivity index (χ0n) is 10.9. The number of hydrogen-bond acceptors (Lipinski definition) is 5. The predicted molar refractivity (Wildman–Crippen MR) is 67.2 cm³/mol. The summed E-state index contributed by atoms with van der Waals surface area (Å²) in [4.78, 5) is 13.6. The van der Waals surface area contributed by atoms with Crippen LogP contribution in [0.25, 0.3) is 0 Å². The second kappa shape index (κ2) is 6.47. The van der Waals surface area contributed by atoms with E-state index in [1.165, 1.54) is 0 Å². The quantitative estimate of drug-likeness (QED) is 0.671. The summed E-state index contributed by atoms with van der Waals surface area (Å²) in [7, 11) is 0. The minimum atomic E-state index is -0.297. The van der Waals surface area contributed by atoms with Crippen LogP contribution < -0.4 is 11.1 Å². The lowest BCUT2D eigenvalue weighted by Gasteiger charge is -2.39. The van der Waals surface area contributed by atoms with Gasteiger partial charge in [-0.25, -0.2) is 0 Å². The van der Waals surface area contributed by atoms with Crippen molar-refractivity contribution in [3.05, 3.63) is 0 Å². The third-order valence-electron chi connectivity index (χ3n) is 3.69.